The number of nitro benzene ring substituents is 1. The highest BCUT2D eigenvalue weighted by Gasteiger charge is 2.27. The summed E-state index contributed by atoms with van der Waals surface area (Å²) in [6.45, 7) is 6.52. The van der Waals surface area contributed by atoms with Crippen LogP contribution in [0.15, 0.2) is 18.2 Å². The Kier molecular flexibility index (Phi) is 5.21. The number of hydrogen-bond donors (Lipinski definition) is 1. The molecule has 7 heteroatoms. The summed E-state index contributed by atoms with van der Waals surface area (Å²) in [5.41, 5.74) is 0.187. The zero-order valence-corrected chi connectivity index (χ0v) is 14.1. The van der Waals surface area contributed by atoms with Crippen molar-refractivity contribution in [2.24, 2.45) is 5.92 Å². The molecule has 130 valence electrons. The van der Waals surface area contributed by atoms with E-state index in [-0.39, 0.29) is 35.1 Å². The van der Waals surface area contributed by atoms with Crippen LogP contribution in [0.4, 0.5) is 5.69 Å². The lowest BCUT2D eigenvalue weighted by Crippen LogP contribution is -2.20. The van der Waals surface area contributed by atoms with Gasteiger partial charge in [-0.3, -0.25) is 14.9 Å². The smallest absolute Gasteiger partial charge is 0.345 e. The Morgan fingerprint density at radius 1 is 1.42 bits per heavy atom. The number of carbonyl (C=O) groups excluding carboxylic acids is 2. The second kappa shape index (κ2) is 6.98. The Bertz CT molecular complexity index is 663. The van der Waals surface area contributed by atoms with E-state index >= 15 is 0 Å². The number of hydrogen-bond acceptors (Lipinski definition) is 5. The number of carbonyl (C=O) groups is 2. The highest BCUT2D eigenvalue weighted by Crippen LogP contribution is 2.29. The Balaban J connectivity index is 2.08. The molecular formula is C17H22N2O5. The number of amides is 1. The highest BCUT2D eigenvalue weighted by atomic mass is 16.6. The predicted octanol–water partition coefficient (Wildman–Crippen LogP) is 2.58. The van der Waals surface area contributed by atoms with Crippen molar-refractivity contribution in [2.75, 3.05) is 13.2 Å². The van der Waals surface area contributed by atoms with Crippen molar-refractivity contribution in [1.82, 2.24) is 5.32 Å². The Labute approximate surface area is 140 Å². The average molecular weight is 334 g/mol. The van der Waals surface area contributed by atoms with Crippen LogP contribution in [-0.4, -0.2) is 30.0 Å². The summed E-state index contributed by atoms with van der Waals surface area (Å²) in [5.74, 6) is -0.928. The van der Waals surface area contributed by atoms with Crippen molar-refractivity contribution in [3.63, 3.8) is 0 Å². The third kappa shape index (κ3) is 4.10. The summed E-state index contributed by atoms with van der Waals surface area (Å²) in [6.07, 6.45) is 1.14. The fourth-order valence-corrected chi connectivity index (χ4v) is 2.61. The number of ether oxygens (including phenoxy) is 1. The lowest BCUT2D eigenvalue weighted by Gasteiger charge is -2.19. The molecule has 2 rings (SSSR count). The predicted molar refractivity (Wildman–Crippen MR) is 87.8 cm³/mol. The minimum atomic E-state index is -0.736. The molecule has 7 nitrogen and oxygen atoms in total. The topological polar surface area (TPSA) is 98.5 Å². The van der Waals surface area contributed by atoms with Crippen molar-refractivity contribution in [1.29, 1.82) is 0 Å². The number of rotatable bonds is 5. The van der Waals surface area contributed by atoms with E-state index in [1.54, 1.807) is 6.07 Å². The molecule has 0 spiro atoms. The van der Waals surface area contributed by atoms with Gasteiger partial charge in [0, 0.05) is 18.5 Å². The molecule has 0 aromatic heterocycles. The van der Waals surface area contributed by atoms with E-state index in [9.17, 15) is 19.7 Å². The molecule has 1 amide bonds. The summed E-state index contributed by atoms with van der Waals surface area (Å²) in [5, 5.41) is 14.0. The molecule has 0 saturated carbocycles. The second-order valence-electron chi connectivity index (χ2n) is 6.94. The fraction of sp³-hybridized carbons (Fsp3) is 0.529. The van der Waals surface area contributed by atoms with E-state index in [0.29, 0.717) is 13.0 Å². The maximum absolute atomic E-state index is 12.2. The molecule has 1 aromatic rings. The number of benzene rings is 1. The summed E-state index contributed by atoms with van der Waals surface area (Å²) >= 11 is 0. The number of nitrogens with one attached hydrogen (secondary N) is 1. The zero-order valence-electron chi connectivity index (χ0n) is 14.1. The zero-order chi connectivity index (χ0) is 17.9. The summed E-state index contributed by atoms with van der Waals surface area (Å²) in [4.78, 5) is 34.3. The van der Waals surface area contributed by atoms with Crippen molar-refractivity contribution in [2.45, 2.75) is 39.0 Å². The molecule has 0 aliphatic carbocycles. The first-order valence-electron chi connectivity index (χ1n) is 7.94. The van der Waals surface area contributed by atoms with E-state index in [4.69, 9.17) is 4.74 Å². The maximum Gasteiger partial charge on any atom is 0.345 e. The largest absolute Gasteiger partial charge is 0.462 e. The molecule has 1 saturated heterocycles. The van der Waals surface area contributed by atoms with Gasteiger partial charge in [-0.25, -0.2) is 4.79 Å². The van der Waals surface area contributed by atoms with Crippen LogP contribution in [0.25, 0.3) is 0 Å². The molecule has 1 heterocycles. The summed E-state index contributed by atoms with van der Waals surface area (Å²) in [7, 11) is 0. The summed E-state index contributed by atoms with van der Waals surface area (Å²) in [6, 6.07) is 4.55. The molecule has 24 heavy (non-hydrogen) atoms. The Hall–Kier alpha value is -2.44. The van der Waals surface area contributed by atoms with Crippen LogP contribution in [-0.2, 0) is 14.9 Å². The van der Waals surface area contributed by atoms with Gasteiger partial charge in [0.1, 0.15) is 5.56 Å². The van der Waals surface area contributed by atoms with Gasteiger partial charge >= 0.3 is 5.97 Å². The van der Waals surface area contributed by atoms with E-state index in [2.05, 4.69) is 5.32 Å². The molecule has 1 N–H and O–H groups in total. The van der Waals surface area contributed by atoms with Crippen molar-refractivity contribution in [3.8, 4) is 0 Å². The van der Waals surface area contributed by atoms with Crippen molar-refractivity contribution >= 4 is 17.6 Å². The molecule has 1 aliphatic rings. The first kappa shape index (κ1) is 17.9. The van der Waals surface area contributed by atoms with Crippen LogP contribution < -0.4 is 5.32 Å². The van der Waals surface area contributed by atoms with Crippen LogP contribution in [0.2, 0.25) is 0 Å². The van der Waals surface area contributed by atoms with Gasteiger partial charge in [0.15, 0.2) is 0 Å². The van der Waals surface area contributed by atoms with Gasteiger partial charge < -0.3 is 10.1 Å². The quantitative estimate of drug-likeness (QED) is 0.507. The van der Waals surface area contributed by atoms with Gasteiger partial charge in [0.05, 0.1) is 11.5 Å². The lowest BCUT2D eigenvalue weighted by molar-refractivity contribution is -0.385. The number of esters is 1. The van der Waals surface area contributed by atoms with Gasteiger partial charge in [-0.2, -0.15) is 0 Å². The normalized spacial score (nSPS) is 17.5. The summed E-state index contributed by atoms with van der Waals surface area (Å²) < 4.78 is 5.13. The van der Waals surface area contributed by atoms with Crippen molar-refractivity contribution < 1.29 is 19.2 Å². The van der Waals surface area contributed by atoms with Gasteiger partial charge in [-0.1, -0.05) is 26.8 Å². The van der Waals surface area contributed by atoms with E-state index in [1.165, 1.54) is 12.1 Å². The van der Waals surface area contributed by atoms with E-state index in [1.807, 2.05) is 20.8 Å². The van der Waals surface area contributed by atoms with Crippen LogP contribution in [0.1, 0.15) is 49.5 Å². The minimum absolute atomic E-state index is 0.0356. The first-order valence-corrected chi connectivity index (χ1v) is 7.94. The standard InChI is InChI=1S/C17H22N2O5/c1-17(2,3)12-4-5-13(14(10-12)19(22)23)16(21)24-9-7-11-6-8-18-15(11)20/h4-5,10-11H,6-9H2,1-3H3,(H,18,20). The van der Waals surface area contributed by atoms with Crippen molar-refractivity contribution in [3.05, 3.63) is 39.4 Å². The van der Waals surface area contributed by atoms with Gasteiger partial charge in [0.2, 0.25) is 5.91 Å². The lowest BCUT2D eigenvalue weighted by atomic mass is 9.86. The SMILES string of the molecule is CC(C)(C)c1ccc(C(=O)OCCC2CCNC2=O)c([N+](=O)[O-])c1. The number of nitrogens with zero attached hydrogens (tertiary/aromatic N) is 1. The molecule has 1 atom stereocenters. The van der Waals surface area contributed by atoms with Crippen LogP contribution in [0, 0.1) is 16.0 Å². The number of nitro groups is 1. The molecule has 0 radical (unpaired) electrons. The minimum Gasteiger partial charge on any atom is -0.462 e. The monoisotopic (exact) mass is 334 g/mol. The molecular weight excluding hydrogens is 312 g/mol. The Morgan fingerprint density at radius 2 is 2.12 bits per heavy atom. The van der Waals surface area contributed by atoms with E-state index in [0.717, 1.165) is 12.0 Å². The van der Waals surface area contributed by atoms with Crippen LogP contribution >= 0.6 is 0 Å². The molecule has 1 unspecified atom stereocenters. The third-order valence-corrected chi connectivity index (χ3v) is 4.14. The van der Waals surface area contributed by atoms with Gasteiger partial charge in [-0.15, -0.1) is 0 Å². The molecule has 0 bridgehead atoms. The van der Waals surface area contributed by atoms with Crippen LogP contribution in [0.3, 0.4) is 0 Å². The fourth-order valence-electron chi connectivity index (χ4n) is 2.61. The Morgan fingerprint density at radius 3 is 2.67 bits per heavy atom. The van der Waals surface area contributed by atoms with Gasteiger partial charge in [-0.05, 0) is 29.9 Å². The van der Waals surface area contributed by atoms with Gasteiger partial charge in [0.25, 0.3) is 5.69 Å². The molecule has 1 aliphatic heterocycles. The van der Waals surface area contributed by atoms with Crippen LogP contribution in [0.5, 0.6) is 0 Å². The average Bonchev–Trinajstić information content (AvgIpc) is 2.91. The molecule has 1 aromatic carbocycles. The first-order chi connectivity index (χ1) is 11.2. The van der Waals surface area contributed by atoms with E-state index < -0.39 is 10.9 Å². The highest BCUT2D eigenvalue weighted by molar-refractivity contribution is 5.94. The molecule has 1 fully saturated rings. The third-order valence-electron chi connectivity index (χ3n) is 4.14. The maximum atomic E-state index is 12.2. The second-order valence-corrected chi connectivity index (χ2v) is 6.94.